The van der Waals surface area contributed by atoms with E-state index in [0.717, 1.165) is 0 Å². The summed E-state index contributed by atoms with van der Waals surface area (Å²) in [6, 6.07) is 3.08. The Kier molecular flexibility index (Phi) is 8.75. The van der Waals surface area contributed by atoms with Crippen molar-refractivity contribution < 1.29 is 35.8 Å². The maximum atomic E-state index is 10.2. The van der Waals surface area contributed by atoms with E-state index in [1.165, 1.54) is 18.5 Å². The van der Waals surface area contributed by atoms with Gasteiger partial charge in [-0.25, -0.2) is 4.79 Å². The molecule has 1 aromatic rings. The summed E-state index contributed by atoms with van der Waals surface area (Å²) in [4.78, 5) is 13.8. The van der Waals surface area contributed by atoms with Gasteiger partial charge in [0.1, 0.15) is 0 Å². The Morgan fingerprint density at radius 3 is 1.79 bits per heavy atom. The molecule has 3 N–H and O–H groups in total. The van der Waals surface area contributed by atoms with E-state index in [0.29, 0.717) is 0 Å². The molecular formula is C7H11NO8S2Se. The molecule has 0 saturated heterocycles. The second-order valence-electron chi connectivity index (χ2n) is 2.83. The predicted molar refractivity (Wildman–Crippen MR) is 67.7 cm³/mol. The van der Waals surface area contributed by atoms with Crippen molar-refractivity contribution in [3.63, 3.8) is 0 Å². The number of nitrogens with zero attached hydrogens (tertiary/aromatic N) is 1. The average Bonchev–Trinajstić information content (AvgIpc) is 2.14. The third-order valence-corrected chi connectivity index (χ3v) is 3.59. The standard InChI is InChI=1S/C6H5NO2.CH4O6S2.H2Se/c8-6(9)5-2-1-3-7-4-5;2-8(3,4)1-9(5,6)7;/h1-4H,(H,8,9);1H2,(H,2,3,4)(H,5,6,7);1H2. The summed E-state index contributed by atoms with van der Waals surface area (Å²) < 4.78 is 54.2. The fourth-order valence-electron chi connectivity index (χ4n) is 0.677. The summed E-state index contributed by atoms with van der Waals surface area (Å²) in [6.07, 6.45) is 2.84. The molecule has 0 spiro atoms. The Hall–Kier alpha value is -1.04. The molecule has 0 atom stereocenters. The number of rotatable bonds is 3. The van der Waals surface area contributed by atoms with Crippen LogP contribution in [0.1, 0.15) is 10.4 Å². The van der Waals surface area contributed by atoms with Crippen LogP contribution in [-0.4, -0.2) is 64.2 Å². The van der Waals surface area contributed by atoms with E-state index in [9.17, 15) is 21.6 Å². The first kappa shape index (κ1) is 20.3. The van der Waals surface area contributed by atoms with Crippen LogP contribution < -0.4 is 0 Å². The van der Waals surface area contributed by atoms with Gasteiger partial charge in [-0.15, -0.1) is 0 Å². The van der Waals surface area contributed by atoms with Gasteiger partial charge in [-0.3, -0.25) is 14.1 Å². The summed E-state index contributed by atoms with van der Waals surface area (Å²) in [5, 5.41) is 6.69. The molecule has 0 aromatic carbocycles. The number of pyridine rings is 1. The van der Waals surface area contributed by atoms with Crippen molar-refractivity contribution in [2.45, 2.75) is 0 Å². The molecule has 0 bridgehead atoms. The van der Waals surface area contributed by atoms with Gasteiger partial charge in [0.15, 0.2) is 0 Å². The topological polar surface area (TPSA) is 159 Å². The third-order valence-electron chi connectivity index (χ3n) is 1.21. The molecule has 12 heteroatoms. The van der Waals surface area contributed by atoms with Gasteiger partial charge in [0.2, 0.25) is 5.08 Å². The van der Waals surface area contributed by atoms with E-state index >= 15 is 0 Å². The monoisotopic (exact) mass is 381 g/mol. The summed E-state index contributed by atoms with van der Waals surface area (Å²) in [7, 11) is -9.24. The van der Waals surface area contributed by atoms with Gasteiger partial charge in [-0.05, 0) is 12.1 Å². The van der Waals surface area contributed by atoms with Gasteiger partial charge < -0.3 is 5.11 Å². The summed E-state index contributed by atoms with van der Waals surface area (Å²) >= 11 is 0. The van der Waals surface area contributed by atoms with Crippen LogP contribution in [0, 0.1) is 0 Å². The van der Waals surface area contributed by atoms with Gasteiger partial charge in [-0.1, -0.05) is 0 Å². The zero-order valence-electron chi connectivity index (χ0n) is 9.16. The van der Waals surface area contributed by atoms with E-state index in [1.54, 1.807) is 6.07 Å². The number of aromatic carboxylic acids is 1. The van der Waals surface area contributed by atoms with E-state index < -0.39 is 31.3 Å². The molecular weight excluding hydrogens is 369 g/mol. The Morgan fingerprint density at radius 1 is 1.16 bits per heavy atom. The molecule has 9 nitrogen and oxygen atoms in total. The van der Waals surface area contributed by atoms with Gasteiger partial charge in [0, 0.05) is 12.4 Å². The number of carboxylic acids is 1. The molecule has 0 fully saturated rings. The van der Waals surface area contributed by atoms with Crippen molar-refractivity contribution in [3.8, 4) is 0 Å². The van der Waals surface area contributed by atoms with Crippen LogP contribution in [0.2, 0.25) is 0 Å². The summed E-state index contributed by atoms with van der Waals surface area (Å²) in [6.45, 7) is 0. The number of hydrogen-bond acceptors (Lipinski definition) is 6. The van der Waals surface area contributed by atoms with Crippen LogP contribution in [0.4, 0.5) is 0 Å². The van der Waals surface area contributed by atoms with Crippen LogP contribution in [0.5, 0.6) is 0 Å². The van der Waals surface area contributed by atoms with Crippen molar-refractivity contribution in [2.75, 3.05) is 5.08 Å². The molecule has 0 aliphatic carbocycles. The normalized spacial score (nSPS) is 10.6. The second-order valence-corrected chi connectivity index (χ2v) is 6.10. The summed E-state index contributed by atoms with van der Waals surface area (Å²) in [5.74, 6) is -0.942. The Balaban J connectivity index is 0. The van der Waals surface area contributed by atoms with E-state index in [1.807, 2.05) is 0 Å². The second kappa shape index (κ2) is 8.19. The third kappa shape index (κ3) is 13.2. The molecule has 1 heterocycles. The van der Waals surface area contributed by atoms with Crippen LogP contribution >= 0.6 is 0 Å². The first-order chi connectivity index (χ1) is 8.01. The average molecular weight is 380 g/mol. The Labute approximate surface area is 119 Å². The zero-order valence-corrected chi connectivity index (χ0v) is 12.9. The summed E-state index contributed by atoms with van der Waals surface area (Å²) in [5.41, 5.74) is 0.220. The molecule has 1 rings (SSSR count). The van der Waals surface area contributed by atoms with E-state index in [2.05, 4.69) is 4.98 Å². The van der Waals surface area contributed by atoms with Crippen molar-refractivity contribution in [2.24, 2.45) is 0 Å². The van der Waals surface area contributed by atoms with Crippen molar-refractivity contribution in [1.29, 1.82) is 0 Å². The van der Waals surface area contributed by atoms with Crippen molar-refractivity contribution in [3.05, 3.63) is 30.1 Å². The van der Waals surface area contributed by atoms with Gasteiger partial charge in [-0.2, -0.15) is 16.8 Å². The number of carbonyl (C=O) groups is 1. The number of hydrogen-bond donors (Lipinski definition) is 3. The molecule has 0 aliphatic rings. The van der Waals surface area contributed by atoms with Gasteiger partial charge in [0.05, 0.1) is 5.56 Å². The molecule has 0 unspecified atom stereocenters. The van der Waals surface area contributed by atoms with Crippen LogP contribution in [0.15, 0.2) is 24.5 Å². The molecule has 110 valence electrons. The van der Waals surface area contributed by atoms with Crippen molar-refractivity contribution >= 4 is 43.3 Å². The van der Waals surface area contributed by atoms with Crippen LogP contribution in [0.3, 0.4) is 0 Å². The first-order valence-corrected chi connectivity index (χ1v) is 7.27. The van der Waals surface area contributed by atoms with E-state index in [4.69, 9.17) is 14.2 Å². The van der Waals surface area contributed by atoms with Crippen LogP contribution in [0.25, 0.3) is 0 Å². The Morgan fingerprint density at radius 2 is 1.63 bits per heavy atom. The molecule has 19 heavy (non-hydrogen) atoms. The minimum atomic E-state index is -4.62. The number of carboxylic acid groups (broad SMARTS) is 1. The van der Waals surface area contributed by atoms with Crippen LogP contribution in [-0.2, 0) is 20.2 Å². The van der Waals surface area contributed by atoms with Gasteiger partial charge >= 0.3 is 23.0 Å². The zero-order chi connectivity index (χ0) is 14.4. The fourth-order valence-corrected chi connectivity index (χ4v) is 2.18. The SMILES string of the molecule is O=C(O)c1cccnc1.O=S(=O)(O)CS(=O)(=O)O.[SeH2]. The number of aromatic nitrogens is 1. The fraction of sp³-hybridized carbons (Fsp3) is 0.143. The molecule has 1 aromatic heterocycles. The molecule has 0 saturated carbocycles. The quantitative estimate of drug-likeness (QED) is 0.423. The van der Waals surface area contributed by atoms with Crippen molar-refractivity contribution in [1.82, 2.24) is 4.98 Å². The predicted octanol–water partition coefficient (Wildman–Crippen LogP) is -1.42. The first-order valence-electron chi connectivity index (χ1n) is 4.05. The molecule has 0 amide bonds. The molecule has 0 radical (unpaired) electrons. The van der Waals surface area contributed by atoms with E-state index in [-0.39, 0.29) is 22.6 Å². The maximum absolute atomic E-state index is 10.2. The Bertz CT molecular complexity index is 567. The van der Waals surface area contributed by atoms with Gasteiger partial charge in [0.25, 0.3) is 20.2 Å². The minimum absolute atomic E-state index is 0. The molecule has 0 aliphatic heterocycles.